The molecule has 45 heavy (non-hydrogen) atoms. The van der Waals surface area contributed by atoms with E-state index in [-0.39, 0.29) is 36.0 Å². The number of carbonyl (C=O) groups is 2. The second-order valence-electron chi connectivity index (χ2n) is 12.6. The Morgan fingerprint density at radius 3 is 2.29 bits per heavy atom. The molecule has 1 fully saturated rings. The minimum atomic E-state index is -2.23. The molecule has 2 aliphatic heterocycles. The molecule has 2 amide bonds. The summed E-state index contributed by atoms with van der Waals surface area (Å²) in [6, 6.07) is 32.9. The van der Waals surface area contributed by atoms with Crippen molar-refractivity contribution in [3.63, 3.8) is 0 Å². The number of nitrogens with one attached hydrogen (secondary N) is 1. The van der Waals surface area contributed by atoms with Gasteiger partial charge in [0, 0.05) is 29.3 Å². The molecular formula is C37H40N2O5Si. The molecule has 4 atom stereocenters. The van der Waals surface area contributed by atoms with E-state index >= 15 is 0 Å². The van der Waals surface area contributed by atoms with Crippen LogP contribution in [0, 0.1) is 5.92 Å². The summed E-state index contributed by atoms with van der Waals surface area (Å²) in [5.74, 6) is 0.453. The van der Waals surface area contributed by atoms with E-state index in [1.54, 1.807) is 19.2 Å². The molecule has 2 N–H and O–H groups in total. The first-order valence-electron chi connectivity index (χ1n) is 15.5. The largest absolute Gasteiger partial charge is 0.497 e. The molecule has 0 aliphatic carbocycles. The average Bonchev–Trinajstić information content (AvgIpc) is 3.49. The predicted octanol–water partition coefficient (Wildman–Crippen LogP) is 6.09. The van der Waals surface area contributed by atoms with Crippen LogP contribution in [0.3, 0.4) is 0 Å². The molecule has 4 aromatic carbocycles. The number of aliphatic hydroxyl groups is 1. The van der Waals surface area contributed by atoms with Gasteiger partial charge in [-0.2, -0.15) is 0 Å². The highest BCUT2D eigenvalue weighted by Crippen LogP contribution is 2.60. The zero-order valence-corrected chi connectivity index (χ0v) is 27.2. The van der Waals surface area contributed by atoms with Crippen molar-refractivity contribution in [1.29, 1.82) is 0 Å². The van der Waals surface area contributed by atoms with Gasteiger partial charge in [0.1, 0.15) is 5.75 Å². The van der Waals surface area contributed by atoms with E-state index in [2.05, 4.69) is 37.5 Å². The number of anilines is 2. The van der Waals surface area contributed by atoms with Crippen molar-refractivity contribution in [2.24, 2.45) is 5.92 Å². The highest BCUT2D eigenvalue weighted by atomic mass is 28.3. The van der Waals surface area contributed by atoms with Crippen LogP contribution < -0.4 is 20.1 Å². The number of nitrogens with zero attached hydrogens (tertiary/aromatic N) is 1. The van der Waals surface area contributed by atoms with Crippen molar-refractivity contribution in [3.8, 4) is 5.75 Å². The molecule has 1 spiro atoms. The fraction of sp³-hybridized carbons (Fsp3) is 0.297. The van der Waals surface area contributed by atoms with E-state index < -0.39 is 13.7 Å². The lowest BCUT2D eigenvalue weighted by atomic mass is 9.82. The van der Waals surface area contributed by atoms with Crippen LogP contribution in [0.25, 0.3) is 0 Å². The maximum atomic E-state index is 14.7. The first-order chi connectivity index (χ1) is 21.7. The zero-order chi connectivity index (χ0) is 31.8. The van der Waals surface area contributed by atoms with Crippen molar-refractivity contribution in [2.45, 2.75) is 50.2 Å². The fourth-order valence-electron chi connectivity index (χ4n) is 7.49. The second kappa shape index (κ2) is 12.3. The Morgan fingerprint density at radius 1 is 0.956 bits per heavy atom. The number of hydrogen-bond acceptors (Lipinski definition) is 5. The Balaban J connectivity index is 1.29. The number of rotatable bonds is 9. The number of amides is 2. The summed E-state index contributed by atoms with van der Waals surface area (Å²) in [4.78, 5) is 29.2. The fourth-order valence-corrected chi connectivity index (χ4v) is 11.6. The number of para-hydroxylation sites is 1. The van der Waals surface area contributed by atoms with Gasteiger partial charge in [-0.25, -0.2) is 0 Å². The van der Waals surface area contributed by atoms with Gasteiger partial charge in [-0.1, -0.05) is 85.9 Å². The minimum absolute atomic E-state index is 0.0101. The van der Waals surface area contributed by atoms with E-state index in [1.165, 1.54) is 5.19 Å². The monoisotopic (exact) mass is 620 g/mol. The van der Waals surface area contributed by atoms with Crippen LogP contribution in [0.2, 0.25) is 18.6 Å². The number of carbonyl (C=O) groups excluding carboxylic acids is 2. The minimum Gasteiger partial charge on any atom is -0.497 e. The lowest BCUT2D eigenvalue weighted by molar-refractivity contribution is -0.146. The highest BCUT2D eigenvalue weighted by Gasteiger charge is 2.66. The number of hydrogen-bond donors (Lipinski definition) is 2. The summed E-state index contributed by atoms with van der Waals surface area (Å²) in [7, 11) is -0.562. The smallest absolute Gasteiger partial charge is 0.264 e. The summed E-state index contributed by atoms with van der Waals surface area (Å²) in [5, 5.41) is 14.3. The molecule has 0 aromatic heterocycles. The molecule has 8 heteroatoms. The third kappa shape index (κ3) is 5.37. The SMILES string of the molecule is COc1ccc([Si](C)(C)[C@@H]2[C@@H](CCO)O[C@]3(C(=O)N(Cc4ccc(NC(=O)c5ccccc5)cc4)c4ccccc43)[C@H]2C)cc1. The van der Waals surface area contributed by atoms with E-state index in [9.17, 15) is 14.7 Å². The third-order valence-electron chi connectivity index (χ3n) is 9.75. The zero-order valence-electron chi connectivity index (χ0n) is 26.2. The lowest BCUT2D eigenvalue weighted by Crippen LogP contribution is -2.51. The molecular weight excluding hydrogens is 581 g/mol. The highest BCUT2D eigenvalue weighted by molar-refractivity contribution is 6.91. The normalized spacial score (nSPS) is 22.5. The van der Waals surface area contributed by atoms with Gasteiger partial charge < -0.3 is 24.8 Å². The van der Waals surface area contributed by atoms with Gasteiger partial charge >= 0.3 is 0 Å². The molecule has 1 saturated heterocycles. The van der Waals surface area contributed by atoms with E-state index in [0.717, 1.165) is 22.6 Å². The molecule has 232 valence electrons. The van der Waals surface area contributed by atoms with Crippen molar-refractivity contribution < 1.29 is 24.2 Å². The quantitative estimate of drug-likeness (QED) is 0.221. The van der Waals surface area contributed by atoms with Gasteiger partial charge in [-0.05, 0) is 60.0 Å². The van der Waals surface area contributed by atoms with E-state index in [1.807, 2.05) is 83.8 Å². The average molecular weight is 621 g/mol. The van der Waals surface area contributed by atoms with Crippen molar-refractivity contribution in [1.82, 2.24) is 0 Å². The molecule has 0 radical (unpaired) electrons. The number of methoxy groups -OCH3 is 1. The number of aliphatic hydroxyl groups excluding tert-OH is 1. The topological polar surface area (TPSA) is 88.1 Å². The van der Waals surface area contributed by atoms with Crippen molar-refractivity contribution in [2.75, 3.05) is 23.9 Å². The molecule has 4 aromatic rings. The van der Waals surface area contributed by atoms with Crippen LogP contribution in [0.5, 0.6) is 5.75 Å². The van der Waals surface area contributed by atoms with E-state index in [0.29, 0.717) is 24.2 Å². The first kappa shape index (κ1) is 30.8. The predicted molar refractivity (Wildman–Crippen MR) is 180 cm³/mol. The van der Waals surface area contributed by atoms with Crippen LogP contribution in [0.4, 0.5) is 11.4 Å². The molecule has 2 heterocycles. The standard InChI is InChI=1S/C37H40N2O5Si/c1-25-34(45(3,4)30-20-18-29(43-2)19-21-30)33(22-23-40)44-37(25)31-12-8-9-13-32(31)39(36(37)42)24-26-14-16-28(17-15-26)38-35(41)27-10-6-5-7-11-27/h5-21,25,33-34,40H,22-24H2,1-4H3,(H,38,41)/t25-,33+,34-,37+/m0/s1. The molecule has 0 saturated carbocycles. The van der Waals surface area contributed by atoms with Gasteiger partial charge in [0.25, 0.3) is 11.8 Å². The molecule has 0 bridgehead atoms. The summed E-state index contributed by atoms with van der Waals surface area (Å²) in [6.45, 7) is 7.19. The Bertz CT molecular complexity index is 1680. The summed E-state index contributed by atoms with van der Waals surface area (Å²) < 4.78 is 12.4. The maximum absolute atomic E-state index is 14.7. The molecule has 6 rings (SSSR count). The second-order valence-corrected chi connectivity index (χ2v) is 17.3. The summed E-state index contributed by atoms with van der Waals surface area (Å²) >= 11 is 0. The Morgan fingerprint density at radius 2 is 1.62 bits per heavy atom. The van der Waals surface area contributed by atoms with Crippen LogP contribution in [0.15, 0.2) is 103 Å². The molecule has 0 unspecified atom stereocenters. The van der Waals surface area contributed by atoms with Crippen LogP contribution >= 0.6 is 0 Å². The molecule has 2 aliphatic rings. The van der Waals surface area contributed by atoms with Crippen LogP contribution in [0.1, 0.15) is 34.8 Å². The van der Waals surface area contributed by atoms with Gasteiger partial charge in [-0.3, -0.25) is 9.59 Å². The number of fused-ring (bicyclic) bond motifs is 2. The van der Waals surface area contributed by atoms with Gasteiger partial charge in [0.15, 0.2) is 5.60 Å². The number of benzene rings is 4. The summed E-state index contributed by atoms with van der Waals surface area (Å²) in [5.41, 5.74) is 2.90. The Labute approximate surface area is 265 Å². The van der Waals surface area contributed by atoms with Crippen LogP contribution in [-0.4, -0.2) is 44.8 Å². The van der Waals surface area contributed by atoms with Gasteiger partial charge in [-0.15, -0.1) is 0 Å². The maximum Gasteiger partial charge on any atom is 0.264 e. The Kier molecular flexibility index (Phi) is 8.39. The number of ether oxygens (including phenoxy) is 2. The van der Waals surface area contributed by atoms with Gasteiger partial charge in [0.2, 0.25) is 0 Å². The van der Waals surface area contributed by atoms with E-state index in [4.69, 9.17) is 9.47 Å². The van der Waals surface area contributed by atoms with Crippen molar-refractivity contribution >= 4 is 36.4 Å². The third-order valence-corrected chi connectivity index (χ3v) is 14.1. The summed E-state index contributed by atoms with van der Waals surface area (Å²) in [6.07, 6.45) is 0.202. The molecule has 7 nitrogen and oxygen atoms in total. The van der Waals surface area contributed by atoms with Crippen molar-refractivity contribution in [3.05, 3.63) is 120 Å². The first-order valence-corrected chi connectivity index (χ1v) is 18.6. The lowest BCUT2D eigenvalue weighted by Gasteiger charge is -2.37. The Hall–Kier alpha value is -4.24. The van der Waals surface area contributed by atoms with Gasteiger partial charge in [0.05, 0.1) is 33.5 Å². The van der Waals surface area contributed by atoms with Crippen LogP contribution in [-0.2, 0) is 21.7 Å².